The number of hydrogen-bond donors (Lipinski definition) is 1. The molecule has 4 heteroatoms. The number of ether oxygens (including phenoxy) is 1. The Morgan fingerprint density at radius 2 is 1.86 bits per heavy atom. The lowest BCUT2D eigenvalue weighted by Gasteiger charge is -2.28. The lowest BCUT2D eigenvalue weighted by Crippen LogP contribution is -2.43. The van der Waals surface area contributed by atoms with Gasteiger partial charge >= 0.3 is 5.97 Å². The van der Waals surface area contributed by atoms with Gasteiger partial charge in [0.1, 0.15) is 6.04 Å². The number of hydrogen-bond acceptors (Lipinski definition) is 4. The van der Waals surface area contributed by atoms with E-state index in [2.05, 4.69) is 17.3 Å². The summed E-state index contributed by atoms with van der Waals surface area (Å²) >= 11 is 0. The summed E-state index contributed by atoms with van der Waals surface area (Å²) in [7, 11) is 2.22. The van der Waals surface area contributed by atoms with Crippen molar-refractivity contribution in [1.29, 1.82) is 0 Å². The first kappa shape index (κ1) is 16.8. The van der Waals surface area contributed by atoms with E-state index >= 15 is 0 Å². The predicted molar refractivity (Wildman–Crippen MR) is 85.3 cm³/mol. The zero-order valence-electron chi connectivity index (χ0n) is 13.8. The summed E-state index contributed by atoms with van der Waals surface area (Å²) in [4.78, 5) is 14.5. The van der Waals surface area contributed by atoms with Crippen LogP contribution in [-0.4, -0.2) is 49.2 Å². The molecule has 0 radical (unpaired) electrons. The monoisotopic (exact) mass is 296 g/mol. The lowest BCUT2D eigenvalue weighted by molar-refractivity contribution is -0.146. The van der Waals surface area contributed by atoms with Gasteiger partial charge in [-0.3, -0.25) is 4.79 Å². The first-order chi connectivity index (χ1) is 10.2. The van der Waals surface area contributed by atoms with Gasteiger partial charge in [-0.2, -0.15) is 0 Å². The van der Waals surface area contributed by atoms with Crippen LogP contribution >= 0.6 is 0 Å². The molecule has 0 aromatic heterocycles. The topological polar surface area (TPSA) is 41.6 Å². The van der Waals surface area contributed by atoms with Gasteiger partial charge in [0.05, 0.1) is 6.61 Å². The molecule has 2 rings (SSSR count). The molecular formula is C17H32N2O2. The minimum Gasteiger partial charge on any atom is -0.465 e. The van der Waals surface area contributed by atoms with Crippen LogP contribution < -0.4 is 5.32 Å². The molecule has 0 aromatic rings. The van der Waals surface area contributed by atoms with Crippen molar-refractivity contribution >= 4 is 5.97 Å². The summed E-state index contributed by atoms with van der Waals surface area (Å²) in [6, 6.07) is 1.13. The summed E-state index contributed by atoms with van der Waals surface area (Å²) in [5, 5.41) is 3.44. The quantitative estimate of drug-likeness (QED) is 0.552. The Morgan fingerprint density at radius 3 is 2.43 bits per heavy atom. The molecule has 1 atom stereocenters. The third kappa shape index (κ3) is 5.95. The second-order valence-corrected chi connectivity index (χ2v) is 6.66. The summed E-state index contributed by atoms with van der Waals surface area (Å²) in [6.45, 7) is 3.33. The summed E-state index contributed by atoms with van der Waals surface area (Å²) in [6.07, 6.45) is 11.4. The van der Waals surface area contributed by atoms with Crippen molar-refractivity contribution in [3.05, 3.63) is 0 Å². The fourth-order valence-corrected chi connectivity index (χ4v) is 3.26. The molecule has 21 heavy (non-hydrogen) atoms. The Bertz CT molecular complexity index is 310. The van der Waals surface area contributed by atoms with Crippen molar-refractivity contribution in [1.82, 2.24) is 10.2 Å². The zero-order chi connectivity index (χ0) is 15.1. The van der Waals surface area contributed by atoms with Gasteiger partial charge in [-0.05, 0) is 46.1 Å². The van der Waals surface area contributed by atoms with Gasteiger partial charge in [0.25, 0.3) is 0 Å². The maximum absolute atomic E-state index is 12.0. The molecule has 0 spiro atoms. The summed E-state index contributed by atoms with van der Waals surface area (Å²) in [5.41, 5.74) is 0. The maximum Gasteiger partial charge on any atom is 0.323 e. The average molecular weight is 296 g/mol. The second kappa shape index (κ2) is 8.74. The van der Waals surface area contributed by atoms with Crippen LogP contribution in [0.5, 0.6) is 0 Å². The van der Waals surface area contributed by atoms with Crippen LogP contribution in [0, 0.1) is 0 Å². The highest BCUT2D eigenvalue weighted by Gasteiger charge is 2.29. The Hall–Kier alpha value is -0.610. The molecule has 0 aliphatic heterocycles. The predicted octanol–water partition coefficient (Wildman–Crippen LogP) is 2.71. The molecule has 0 amide bonds. The maximum atomic E-state index is 12.0. The molecule has 2 saturated carbocycles. The molecule has 1 unspecified atom stereocenters. The second-order valence-electron chi connectivity index (χ2n) is 6.66. The zero-order valence-corrected chi connectivity index (χ0v) is 13.8. The van der Waals surface area contributed by atoms with E-state index in [4.69, 9.17) is 4.74 Å². The van der Waals surface area contributed by atoms with Gasteiger partial charge in [-0.25, -0.2) is 0 Å². The molecule has 0 aromatic carbocycles. The lowest BCUT2D eigenvalue weighted by atomic mass is 10.1. The molecule has 0 saturated heterocycles. The fraction of sp³-hybridized carbons (Fsp3) is 0.941. The van der Waals surface area contributed by atoms with Crippen LogP contribution in [0.25, 0.3) is 0 Å². The van der Waals surface area contributed by atoms with Gasteiger partial charge in [0.15, 0.2) is 0 Å². The van der Waals surface area contributed by atoms with Gasteiger partial charge in [0.2, 0.25) is 0 Å². The summed E-state index contributed by atoms with van der Waals surface area (Å²) < 4.78 is 5.21. The van der Waals surface area contributed by atoms with Crippen LogP contribution in [-0.2, 0) is 9.53 Å². The van der Waals surface area contributed by atoms with E-state index in [0.717, 1.165) is 13.0 Å². The van der Waals surface area contributed by atoms with E-state index in [1.165, 1.54) is 51.4 Å². The van der Waals surface area contributed by atoms with Crippen LogP contribution in [0.3, 0.4) is 0 Å². The highest BCUT2D eigenvalue weighted by molar-refractivity contribution is 5.75. The third-order valence-corrected chi connectivity index (χ3v) is 4.80. The Morgan fingerprint density at radius 1 is 1.19 bits per heavy atom. The van der Waals surface area contributed by atoms with Crippen molar-refractivity contribution in [2.45, 2.75) is 82.8 Å². The normalized spacial score (nSPS) is 22.0. The van der Waals surface area contributed by atoms with Crippen LogP contribution in [0.15, 0.2) is 0 Å². The number of nitrogens with zero attached hydrogens (tertiary/aromatic N) is 1. The fourth-order valence-electron chi connectivity index (χ4n) is 3.26. The molecule has 1 N–H and O–H groups in total. The first-order valence-electron chi connectivity index (χ1n) is 8.83. The van der Waals surface area contributed by atoms with E-state index < -0.39 is 0 Å². The SMILES string of the molecule is CCOC(=O)C(CCN(C)C1CCCCCC1)NC1CC1. The van der Waals surface area contributed by atoms with Crippen molar-refractivity contribution in [2.75, 3.05) is 20.2 Å². The first-order valence-corrected chi connectivity index (χ1v) is 8.83. The number of rotatable bonds is 8. The molecule has 2 aliphatic rings. The van der Waals surface area contributed by atoms with Crippen molar-refractivity contribution in [3.63, 3.8) is 0 Å². The number of carbonyl (C=O) groups excluding carboxylic acids is 1. The van der Waals surface area contributed by atoms with Gasteiger partial charge in [-0.15, -0.1) is 0 Å². The molecule has 2 fully saturated rings. The van der Waals surface area contributed by atoms with E-state index in [1.54, 1.807) is 0 Å². The standard InChI is InChI=1S/C17H32N2O2/c1-3-21-17(20)16(18-14-10-11-14)12-13-19(2)15-8-6-4-5-7-9-15/h14-16,18H,3-13H2,1-2H3. The van der Waals surface area contributed by atoms with Gasteiger partial charge in [0, 0.05) is 18.6 Å². The van der Waals surface area contributed by atoms with Crippen molar-refractivity contribution < 1.29 is 9.53 Å². The molecule has 4 nitrogen and oxygen atoms in total. The van der Waals surface area contributed by atoms with E-state index in [-0.39, 0.29) is 12.0 Å². The van der Waals surface area contributed by atoms with Crippen LogP contribution in [0.2, 0.25) is 0 Å². The Labute approximate surface area is 129 Å². The van der Waals surface area contributed by atoms with Gasteiger partial charge in [-0.1, -0.05) is 25.7 Å². The average Bonchev–Trinajstić information content (AvgIpc) is 3.29. The van der Waals surface area contributed by atoms with Crippen LogP contribution in [0.1, 0.15) is 64.7 Å². The molecule has 0 bridgehead atoms. The molecule has 0 heterocycles. The van der Waals surface area contributed by atoms with E-state index in [9.17, 15) is 4.79 Å². The third-order valence-electron chi connectivity index (χ3n) is 4.80. The largest absolute Gasteiger partial charge is 0.465 e. The Balaban J connectivity index is 1.77. The van der Waals surface area contributed by atoms with Crippen molar-refractivity contribution in [3.8, 4) is 0 Å². The molecule has 2 aliphatic carbocycles. The highest BCUT2D eigenvalue weighted by atomic mass is 16.5. The van der Waals surface area contributed by atoms with Crippen molar-refractivity contribution in [2.24, 2.45) is 0 Å². The number of carbonyl (C=O) groups is 1. The number of nitrogens with one attached hydrogen (secondary N) is 1. The Kier molecular flexibility index (Phi) is 6.97. The highest BCUT2D eigenvalue weighted by Crippen LogP contribution is 2.22. The smallest absolute Gasteiger partial charge is 0.323 e. The molecule has 122 valence electrons. The minimum atomic E-state index is -0.120. The van der Waals surface area contributed by atoms with Crippen LogP contribution in [0.4, 0.5) is 0 Å². The van der Waals surface area contributed by atoms with E-state index in [0.29, 0.717) is 18.7 Å². The summed E-state index contributed by atoms with van der Waals surface area (Å²) in [5.74, 6) is -0.0707. The minimum absolute atomic E-state index is 0.0707. The molecular weight excluding hydrogens is 264 g/mol. The number of esters is 1. The van der Waals surface area contributed by atoms with Gasteiger partial charge < -0.3 is 15.0 Å². The van der Waals surface area contributed by atoms with E-state index in [1.807, 2.05) is 6.92 Å².